The van der Waals surface area contributed by atoms with Gasteiger partial charge in [-0.1, -0.05) is 17.7 Å². The van der Waals surface area contributed by atoms with Crippen molar-refractivity contribution in [3.05, 3.63) is 46.5 Å². The van der Waals surface area contributed by atoms with Crippen LogP contribution in [-0.4, -0.2) is 34.1 Å². The second-order valence-electron chi connectivity index (χ2n) is 6.77. The normalized spacial score (nSPS) is 13.6. The molecule has 2 aromatic rings. The summed E-state index contributed by atoms with van der Waals surface area (Å²) in [4.78, 5) is 12.4. The van der Waals surface area contributed by atoms with Gasteiger partial charge in [-0.25, -0.2) is 13.1 Å². The Kier molecular flexibility index (Phi) is 6.66. The van der Waals surface area contributed by atoms with Gasteiger partial charge in [0.25, 0.3) is 0 Å². The van der Waals surface area contributed by atoms with Gasteiger partial charge in [0.1, 0.15) is 0 Å². The number of amides is 1. The molecule has 9 heteroatoms. The number of sulfonamides is 1. The molecule has 0 aromatic heterocycles. The van der Waals surface area contributed by atoms with Crippen molar-refractivity contribution in [3.8, 4) is 11.5 Å². The lowest BCUT2D eigenvalue weighted by atomic mass is 10.1. The monoisotopic (exact) mass is 438 g/mol. The molecular weight excluding hydrogens is 416 g/mol. The van der Waals surface area contributed by atoms with Crippen LogP contribution in [0.15, 0.2) is 35.2 Å². The van der Waals surface area contributed by atoms with Gasteiger partial charge >= 0.3 is 0 Å². The summed E-state index contributed by atoms with van der Waals surface area (Å²) in [5.41, 5.74) is 2.28. The number of carbonyl (C=O) groups excluding carboxylic acids is 1. The third-order valence-corrected chi connectivity index (χ3v) is 6.32. The first-order valence-electron chi connectivity index (χ1n) is 9.22. The SMILES string of the molecule is Cc1ccc(S(=O)(=O)NCCC(=O)Nc2cc3c(cc2Cl)OCCCO3)cc1C. The molecular formula is C20H23ClN2O5S. The molecule has 1 aliphatic heterocycles. The average molecular weight is 439 g/mol. The van der Waals surface area contributed by atoms with Crippen molar-refractivity contribution in [2.45, 2.75) is 31.6 Å². The zero-order valence-electron chi connectivity index (χ0n) is 16.2. The van der Waals surface area contributed by atoms with Crippen LogP contribution in [0.3, 0.4) is 0 Å². The van der Waals surface area contributed by atoms with Crippen molar-refractivity contribution in [1.82, 2.24) is 4.72 Å². The number of halogens is 1. The smallest absolute Gasteiger partial charge is 0.240 e. The van der Waals surface area contributed by atoms with Crippen LogP contribution >= 0.6 is 11.6 Å². The van der Waals surface area contributed by atoms with E-state index in [2.05, 4.69) is 10.0 Å². The van der Waals surface area contributed by atoms with Crippen molar-refractivity contribution in [2.75, 3.05) is 25.1 Å². The van der Waals surface area contributed by atoms with Gasteiger partial charge in [0.15, 0.2) is 11.5 Å². The van der Waals surface area contributed by atoms with Crippen molar-refractivity contribution in [3.63, 3.8) is 0 Å². The summed E-state index contributed by atoms with van der Waals surface area (Å²) in [7, 11) is -3.68. The fourth-order valence-electron chi connectivity index (χ4n) is 2.76. The molecule has 1 aliphatic rings. The molecule has 29 heavy (non-hydrogen) atoms. The quantitative estimate of drug-likeness (QED) is 0.720. The van der Waals surface area contributed by atoms with E-state index in [0.717, 1.165) is 17.5 Å². The molecule has 2 N–H and O–H groups in total. The third-order valence-electron chi connectivity index (χ3n) is 4.54. The van der Waals surface area contributed by atoms with Crippen LogP contribution in [0.4, 0.5) is 5.69 Å². The number of nitrogens with one attached hydrogen (secondary N) is 2. The highest BCUT2D eigenvalue weighted by Crippen LogP contribution is 2.37. The summed E-state index contributed by atoms with van der Waals surface area (Å²) in [6.07, 6.45) is 0.712. The van der Waals surface area contributed by atoms with Crippen molar-refractivity contribution in [2.24, 2.45) is 0 Å². The van der Waals surface area contributed by atoms with Crippen LogP contribution in [0.5, 0.6) is 11.5 Å². The first kappa shape index (κ1) is 21.4. The van der Waals surface area contributed by atoms with E-state index in [1.807, 2.05) is 13.8 Å². The standard InChI is InChI=1S/C20H23ClN2O5S/c1-13-4-5-15(10-14(13)2)29(25,26)22-7-6-20(24)23-17-12-19-18(11-16(17)21)27-8-3-9-28-19/h4-5,10-12,22H,3,6-9H2,1-2H3,(H,23,24). The van der Waals surface area contributed by atoms with Gasteiger partial charge in [-0.05, 0) is 37.1 Å². The van der Waals surface area contributed by atoms with E-state index in [-0.39, 0.29) is 23.8 Å². The van der Waals surface area contributed by atoms with Crippen LogP contribution < -0.4 is 19.5 Å². The number of fused-ring (bicyclic) bond motifs is 1. The van der Waals surface area contributed by atoms with Crippen LogP contribution in [-0.2, 0) is 14.8 Å². The number of anilines is 1. The number of rotatable bonds is 6. The molecule has 0 fully saturated rings. The molecule has 0 atom stereocenters. The maximum Gasteiger partial charge on any atom is 0.240 e. The van der Waals surface area contributed by atoms with Gasteiger partial charge in [0.2, 0.25) is 15.9 Å². The van der Waals surface area contributed by atoms with E-state index in [1.165, 1.54) is 0 Å². The highest BCUT2D eigenvalue weighted by molar-refractivity contribution is 7.89. The van der Waals surface area contributed by atoms with Crippen molar-refractivity contribution >= 4 is 33.2 Å². The zero-order chi connectivity index (χ0) is 21.0. The fourth-order valence-corrected chi connectivity index (χ4v) is 4.07. The first-order chi connectivity index (χ1) is 13.8. The maximum atomic E-state index is 12.4. The maximum absolute atomic E-state index is 12.4. The molecule has 2 aromatic carbocycles. The lowest BCUT2D eigenvalue weighted by Gasteiger charge is -2.13. The molecule has 0 radical (unpaired) electrons. The van der Waals surface area contributed by atoms with Crippen LogP contribution in [0.2, 0.25) is 5.02 Å². The van der Waals surface area contributed by atoms with Crippen LogP contribution in [0.25, 0.3) is 0 Å². The molecule has 0 saturated carbocycles. The minimum absolute atomic E-state index is 0.0384. The Morgan fingerprint density at radius 3 is 2.45 bits per heavy atom. The Morgan fingerprint density at radius 1 is 1.07 bits per heavy atom. The predicted molar refractivity (Wildman–Crippen MR) is 111 cm³/mol. The second kappa shape index (κ2) is 9.02. The van der Waals surface area contributed by atoms with Crippen LogP contribution in [0.1, 0.15) is 24.0 Å². The fraction of sp³-hybridized carbons (Fsp3) is 0.350. The van der Waals surface area contributed by atoms with Gasteiger partial charge in [0, 0.05) is 31.5 Å². The average Bonchev–Trinajstić information content (AvgIpc) is 2.89. The van der Waals surface area contributed by atoms with E-state index in [9.17, 15) is 13.2 Å². The number of benzene rings is 2. The lowest BCUT2D eigenvalue weighted by molar-refractivity contribution is -0.116. The molecule has 0 saturated heterocycles. The summed E-state index contributed by atoms with van der Waals surface area (Å²) in [5.74, 6) is 0.675. The van der Waals surface area contributed by atoms with Gasteiger partial charge in [-0.3, -0.25) is 4.79 Å². The lowest BCUT2D eigenvalue weighted by Crippen LogP contribution is -2.28. The number of ether oxygens (including phenoxy) is 2. The van der Waals surface area contributed by atoms with Gasteiger partial charge in [-0.2, -0.15) is 0 Å². The van der Waals surface area contributed by atoms with Gasteiger partial charge in [0.05, 0.1) is 28.8 Å². The molecule has 1 heterocycles. The predicted octanol–water partition coefficient (Wildman–Crippen LogP) is 3.43. The number of carbonyl (C=O) groups is 1. The number of aryl methyl sites for hydroxylation is 2. The Morgan fingerprint density at radius 2 is 1.76 bits per heavy atom. The molecule has 3 rings (SSSR count). The summed E-state index contributed by atoms with van der Waals surface area (Å²) >= 11 is 6.21. The Labute approximate surface area is 175 Å². The number of hydrogen-bond donors (Lipinski definition) is 2. The minimum Gasteiger partial charge on any atom is -0.490 e. The van der Waals surface area contributed by atoms with Crippen molar-refractivity contribution < 1.29 is 22.7 Å². The summed E-state index contributed by atoms with van der Waals surface area (Å²) in [6.45, 7) is 4.77. The molecule has 0 spiro atoms. The Bertz CT molecular complexity index is 1020. The van der Waals surface area contributed by atoms with E-state index in [0.29, 0.717) is 35.4 Å². The number of hydrogen-bond acceptors (Lipinski definition) is 5. The second-order valence-corrected chi connectivity index (χ2v) is 8.95. The summed E-state index contributed by atoms with van der Waals surface area (Å²) in [6, 6.07) is 8.11. The molecule has 0 bridgehead atoms. The topological polar surface area (TPSA) is 93.7 Å². The van der Waals surface area contributed by atoms with Crippen LogP contribution in [0, 0.1) is 13.8 Å². The van der Waals surface area contributed by atoms with Gasteiger partial charge < -0.3 is 14.8 Å². The largest absolute Gasteiger partial charge is 0.490 e. The Balaban J connectivity index is 1.59. The molecule has 0 aliphatic carbocycles. The highest BCUT2D eigenvalue weighted by Gasteiger charge is 2.17. The van der Waals surface area contributed by atoms with E-state index in [1.54, 1.807) is 30.3 Å². The van der Waals surface area contributed by atoms with Crippen molar-refractivity contribution in [1.29, 1.82) is 0 Å². The van der Waals surface area contributed by atoms with Gasteiger partial charge in [-0.15, -0.1) is 0 Å². The summed E-state index contributed by atoms with van der Waals surface area (Å²) in [5, 5.41) is 3.00. The van der Waals surface area contributed by atoms with E-state index in [4.69, 9.17) is 21.1 Å². The minimum atomic E-state index is -3.68. The molecule has 7 nitrogen and oxygen atoms in total. The van der Waals surface area contributed by atoms with E-state index < -0.39 is 10.0 Å². The summed E-state index contributed by atoms with van der Waals surface area (Å²) < 4.78 is 38.4. The third kappa shape index (κ3) is 5.41. The zero-order valence-corrected chi connectivity index (χ0v) is 17.8. The first-order valence-corrected chi connectivity index (χ1v) is 11.1. The molecule has 1 amide bonds. The Hall–Kier alpha value is -2.29. The molecule has 156 valence electrons. The van der Waals surface area contributed by atoms with E-state index >= 15 is 0 Å². The molecule has 0 unspecified atom stereocenters. The highest BCUT2D eigenvalue weighted by atomic mass is 35.5.